The van der Waals surface area contributed by atoms with E-state index < -0.39 is 0 Å². The molecule has 2 fully saturated rings. The van der Waals surface area contributed by atoms with Gasteiger partial charge in [0, 0.05) is 37.9 Å². The molecule has 0 spiro atoms. The third kappa shape index (κ3) is 3.43. The molecule has 1 aromatic rings. The van der Waals surface area contributed by atoms with Crippen LogP contribution in [0.1, 0.15) is 19.3 Å². The molecule has 1 aliphatic carbocycles. The summed E-state index contributed by atoms with van der Waals surface area (Å²) in [7, 11) is 0. The van der Waals surface area contributed by atoms with Crippen molar-refractivity contribution in [3.8, 4) is 0 Å². The Morgan fingerprint density at radius 1 is 1.52 bits per heavy atom. The van der Waals surface area contributed by atoms with Crippen LogP contribution in [0.5, 0.6) is 0 Å². The molecule has 2 N–H and O–H groups in total. The lowest BCUT2D eigenvalue weighted by Crippen LogP contribution is -2.36. The monoisotopic (exact) mass is 372 g/mol. The molecule has 2 aliphatic rings. The zero-order valence-electron chi connectivity index (χ0n) is 11.6. The van der Waals surface area contributed by atoms with Gasteiger partial charge in [0.1, 0.15) is 5.82 Å². The third-order valence-corrected chi connectivity index (χ3v) is 5.40. The second-order valence-electron chi connectivity index (χ2n) is 5.62. The fourth-order valence-electron chi connectivity index (χ4n) is 3.11. The van der Waals surface area contributed by atoms with Crippen LogP contribution in [-0.2, 0) is 0 Å². The van der Waals surface area contributed by atoms with Gasteiger partial charge in [0.05, 0.1) is 9.50 Å². The smallest absolute Gasteiger partial charge is 0.317 e. The van der Waals surface area contributed by atoms with Gasteiger partial charge in [-0.15, -0.1) is 0 Å². The van der Waals surface area contributed by atoms with Crippen LogP contribution >= 0.6 is 27.5 Å². The maximum absolute atomic E-state index is 11.7. The summed E-state index contributed by atoms with van der Waals surface area (Å²) in [4.78, 5) is 18.0. The highest BCUT2D eigenvalue weighted by atomic mass is 79.9. The molecule has 0 bridgehead atoms. The first kappa shape index (κ1) is 14.9. The molecule has 1 saturated heterocycles. The lowest BCUT2D eigenvalue weighted by molar-refractivity contribution is 0.197. The summed E-state index contributed by atoms with van der Waals surface area (Å²) in [5.74, 6) is 1.37. The van der Waals surface area contributed by atoms with Crippen LogP contribution in [0.2, 0.25) is 5.02 Å². The Labute approximate surface area is 137 Å². The molecule has 2 unspecified atom stereocenters. The summed E-state index contributed by atoms with van der Waals surface area (Å²) in [6, 6.07) is 2.31. The van der Waals surface area contributed by atoms with Crippen molar-refractivity contribution in [2.24, 2.45) is 5.92 Å². The van der Waals surface area contributed by atoms with Crippen LogP contribution in [-0.4, -0.2) is 41.6 Å². The number of urea groups is 1. The van der Waals surface area contributed by atoms with Crippen molar-refractivity contribution in [1.82, 2.24) is 15.2 Å². The van der Waals surface area contributed by atoms with Crippen molar-refractivity contribution in [1.29, 1.82) is 0 Å². The minimum Gasteiger partial charge on any atom is -0.370 e. The van der Waals surface area contributed by atoms with E-state index in [1.165, 1.54) is 0 Å². The molecule has 114 valence electrons. The highest BCUT2D eigenvalue weighted by molar-refractivity contribution is 9.10. The summed E-state index contributed by atoms with van der Waals surface area (Å²) in [5, 5.41) is 6.87. The molecule has 1 saturated carbocycles. The van der Waals surface area contributed by atoms with Crippen LogP contribution in [0.4, 0.5) is 10.6 Å². The highest BCUT2D eigenvalue weighted by Crippen LogP contribution is 2.30. The van der Waals surface area contributed by atoms with E-state index in [-0.39, 0.29) is 6.03 Å². The number of carbonyl (C=O) groups is 1. The number of anilines is 1. The van der Waals surface area contributed by atoms with Gasteiger partial charge in [-0.1, -0.05) is 11.6 Å². The highest BCUT2D eigenvalue weighted by Gasteiger charge is 2.33. The zero-order valence-corrected chi connectivity index (χ0v) is 14.0. The van der Waals surface area contributed by atoms with Crippen LogP contribution in [0, 0.1) is 5.92 Å². The summed E-state index contributed by atoms with van der Waals surface area (Å²) >= 11 is 9.39. The Morgan fingerprint density at radius 2 is 2.38 bits per heavy atom. The van der Waals surface area contributed by atoms with Gasteiger partial charge in [-0.25, -0.2) is 9.78 Å². The Balaban J connectivity index is 1.50. The maximum atomic E-state index is 11.7. The minimum absolute atomic E-state index is 0.0926. The lowest BCUT2D eigenvalue weighted by atomic mass is 10.1. The van der Waals surface area contributed by atoms with Crippen LogP contribution < -0.4 is 10.6 Å². The molecule has 2 atom stereocenters. The second kappa shape index (κ2) is 6.40. The van der Waals surface area contributed by atoms with Crippen LogP contribution in [0.15, 0.2) is 16.7 Å². The van der Waals surface area contributed by atoms with E-state index in [1.807, 2.05) is 11.0 Å². The van der Waals surface area contributed by atoms with Gasteiger partial charge >= 0.3 is 6.03 Å². The molecule has 0 aromatic carbocycles. The number of carbonyl (C=O) groups excluding carboxylic acids is 1. The maximum Gasteiger partial charge on any atom is 0.317 e. The first-order valence-electron chi connectivity index (χ1n) is 7.23. The summed E-state index contributed by atoms with van der Waals surface area (Å²) < 4.78 is 0.802. The number of aromatic nitrogens is 1. The van der Waals surface area contributed by atoms with E-state index in [4.69, 9.17) is 11.6 Å². The Morgan fingerprint density at radius 3 is 3.10 bits per heavy atom. The van der Waals surface area contributed by atoms with E-state index in [2.05, 4.69) is 31.5 Å². The Bertz CT molecular complexity index is 542. The van der Waals surface area contributed by atoms with E-state index in [9.17, 15) is 4.79 Å². The van der Waals surface area contributed by atoms with E-state index in [0.717, 1.165) is 49.2 Å². The molecule has 21 heavy (non-hydrogen) atoms. The molecular weight excluding hydrogens is 356 g/mol. The normalized spacial score (nSPS) is 25.2. The number of nitrogens with one attached hydrogen (secondary N) is 2. The first-order valence-corrected chi connectivity index (χ1v) is 8.40. The van der Waals surface area contributed by atoms with Crippen molar-refractivity contribution in [2.75, 3.05) is 25.0 Å². The molecule has 2 heterocycles. The number of amides is 2. The summed E-state index contributed by atoms with van der Waals surface area (Å²) in [5.41, 5.74) is 0. The van der Waals surface area contributed by atoms with Gasteiger partial charge in [0.15, 0.2) is 0 Å². The topological polar surface area (TPSA) is 57.3 Å². The van der Waals surface area contributed by atoms with Gasteiger partial charge in [-0.05, 0) is 41.1 Å². The quantitative estimate of drug-likeness (QED) is 0.852. The largest absolute Gasteiger partial charge is 0.370 e. The predicted octanol–water partition coefficient (Wildman–Crippen LogP) is 3.10. The minimum atomic E-state index is 0.0926. The number of halogens is 2. The van der Waals surface area contributed by atoms with Gasteiger partial charge in [0.2, 0.25) is 0 Å². The number of hydrogen-bond acceptors (Lipinski definition) is 3. The molecule has 0 radical (unpaired) electrons. The van der Waals surface area contributed by atoms with Crippen molar-refractivity contribution in [2.45, 2.75) is 25.3 Å². The predicted molar refractivity (Wildman–Crippen MR) is 86.7 cm³/mol. The SMILES string of the molecule is O=C1NCCN1C1CCC(CNc2cc(Cl)c(Br)cn2)C1. The summed E-state index contributed by atoms with van der Waals surface area (Å²) in [6.45, 7) is 2.49. The van der Waals surface area contributed by atoms with Gasteiger partial charge < -0.3 is 15.5 Å². The van der Waals surface area contributed by atoms with Gasteiger partial charge in [-0.3, -0.25) is 0 Å². The van der Waals surface area contributed by atoms with Crippen molar-refractivity contribution in [3.63, 3.8) is 0 Å². The van der Waals surface area contributed by atoms with E-state index >= 15 is 0 Å². The molecular formula is C14H18BrClN4O. The molecule has 1 aromatic heterocycles. The number of nitrogens with zero attached hydrogens (tertiary/aromatic N) is 2. The average Bonchev–Trinajstić information content (AvgIpc) is 3.08. The molecule has 1 aliphatic heterocycles. The van der Waals surface area contributed by atoms with Crippen LogP contribution in [0.3, 0.4) is 0 Å². The van der Waals surface area contributed by atoms with Crippen LogP contribution in [0.25, 0.3) is 0 Å². The van der Waals surface area contributed by atoms with Crippen molar-refractivity contribution in [3.05, 3.63) is 21.8 Å². The molecule has 3 rings (SSSR count). The fourth-order valence-corrected chi connectivity index (χ4v) is 3.48. The Kier molecular flexibility index (Phi) is 4.54. The third-order valence-electron chi connectivity index (χ3n) is 4.22. The van der Waals surface area contributed by atoms with Gasteiger partial charge in [-0.2, -0.15) is 0 Å². The Hall–Kier alpha value is -1.01. The lowest BCUT2D eigenvalue weighted by Gasteiger charge is -2.22. The zero-order chi connectivity index (χ0) is 14.8. The van der Waals surface area contributed by atoms with Crippen molar-refractivity contribution < 1.29 is 4.79 Å². The van der Waals surface area contributed by atoms with E-state index in [1.54, 1.807) is 6.20 Å². The fraction of sp³-hybridized carbons (Fsp3) is 0.571. The van der Waals surface area contributed by atoms with Gasteiger partial charge in [0.25, 0.3) is 0 Å². The molecule has 2 amide bonds. The number of rotatable bonds is 4. The molecule has 7 heteroatoms. The average molecular weight is 374 g/mol. The second-order valence-corrected chi connectivity index (χ2v) is 6.88. The van der Waals surface area contributed by atoms with Crippen molar-refractivity contribution >= 4 is 39.4 Å². The standard InChI is InChI=1S/C14H18BrClN4O/c15-11-8-19-13(6-12(11)16)18-7-9-1-2-10(5-9)20-4-3-17-14(20)21/h6,8-10H,1-5,7H2,(H,17,21)(H,18,19). The first-order chi connectivity index (χ1) is 10.1. The number of hydrogen-bond donors (Lipinski definition) is 2. The number of pyridine rings is 1. The van der Waals surface area contributed by atoms with E-state index in [0.29, 0.717) is 17.0 Å². The molecule has 5 nitrogen and oxygen atoms in total. The summed E-state index contributed by atoms with van der Waals surface area (Å²) in [6.07, 6.45) is 5.00.